The van der Waals surface area contributed by atoms with Gasteiger partial charge in [0.25, 0.3) is 0 Å². The fourth-order valence-electron chi connectivity index (χ4n) is 3.10. The van der Waals surface area contributed by atoms with Gasteiger partial charge in [0.15, 0.2) is 0 Å². The molecule has 0 aromatic heterocycles. The summed E-state index contributed by atoms with van der Waals surface area (Å²) in [6, 6.07) is 0.684. The maximum atomic E-state index is 6.13. The second-order valence-corrected chi connectivity index (χ2v) is 7.15. The van der Waals surface area contributed by atoms with E-state index in [2.05, 4.69) is 25.1 Å². The van der Waals surface area contributed by atoms with Gasteiger partial charge in [-0.15, -0.1) is 0 Å². The van der Waals surface area contributed by atoms with Gasteiger partial charge >= 0.3 is 0 Å². The predicted octanol–water partition coefficient (Wildman–Crippen LogP) is 3.36. The number of hydrogen-bond donors (Lipinski definition) is 1. The van der Waals surface area contributed by atoms with Crippen LogP contribution in [0.1, 0.15) is 51.9 Å². The Hall–Kier alpha value is 0.270. The molecule has 0 aromatic carbocycles. The van der Waals surface area contributed by atoms with Crippen molar-refractivity contribution in [3.8, 4) is 0 Å². The van der Waals surface area contributed by atoms with Crippen LogP contribution in [0, 0.1) is 5.41 Å². The van der Waals surface area contributed by atoms with E-state index in [1.807, 2.05) is 11.8 Å². The summed E-state index contributed by atoms with van der Waals surface area (Å²) >= 11 is 1.95. The van der Waals surface area contributed by atoms with Crippen LogP contribution in [0.3, 0.4) is 0 Å². The fourth-order valence-corrected chi connectivity index (χ4v) is 3.68. The van der Waals surface area contributed by atoms with Gasteiger partial charge in [-0.3, -0.25) is 0 Å². The first kappa shape index (κ1) is 16.3. The third kappa shape index (κ3) is 5.10. The Morgan fingerprint density at radius 1 is 1.22 bits per heavy atom. The molecular weight excluding hydrogens is 240 g/mol. The molecule has 1 aliphatic rings. The molecule has 0 bridgehead atoms. The van der Waals surface area contributed by atoms with Gasteiger partial charge in [0.05, 0.1) is 0 Å². The van der Waals surface area contributed by atoms with Crippen molar-refractivity contribution in [3.63, 3.8) is 0 Å². The largest absolute Gasteiger partial charge is 0.330 e. The van der Waals surface area contributed by atoms with Crippen LogP contribution < -0.4 is 5.73 Å². The number of rotatable bonds is 7. The Balaban J connectivity index is 2.49. The SMILES string of the molecule is CSCCC(C)N(C)CC1(CN)CCCCCC1. The van der Waals surface area contributed by atoms with Crippen LogP contribution in [0.25, 0.3) is 0 Å². The highest BCUT2D eigenvalue weighted by atomic mass is 32.2. The lowest BCUT2D eigenvalue weighted by molar-refractivity contribution is 0.128. The van der Waals surface area contributed by atoms with Crippen molar-refractivity contribution in [2.24, 2.45) is 11.1 Å². The van der Waals surface area contributed by atoms with Crippen molar-refractivity contribution in [3.05, 3.63) is 0 Å². The van der Waals surface area contributed by atoms with Gasteiger partial charge in [0, 0.05) is 12.6 Å². The second kappa shape index (κ2) is 8.44. The highest BCUT2D eigenvalue weighted by Crippen LogP contribution is 2.35. The van der Waals surface area contributed by atoms with Crippen LogP contribution in [0.4, 0.5) is 0 Å². The van der Waals surface area contributed by atoms with Crippen LogP contribution in [-0.4, -0.2) is 43.1 Å². The van der Waals surface area contributed by atoms with Crippen LogP contribution >= 0.6 is 11.8 Å². The molecule has 1 saturated carbocycles. The Labute approximate surface area is 118 Å². The van der Waals surface area contributed by atoms with E-state index in [4.69, 9.17) is 5.73 Å². The highest BCUT2D eigenvalue weighted by molar-refractivity contribution is 7.98. The lowest BCUT2D eigenvalue weighted by atomic mass is 9.79. The summed E-state index contributed by atoms with van der Waals surface area (Å²) in [5.41, 5.74) is 6.53. The Morgan fingerprint density at radius 3 is 2.33 bits per heavy atom. The smallest absolute Gasteiger partial charge is 0.00719 e. The maximum Gasteiger partial charge on any atom is 0.00719 e. The molecule has 1 fully saturated rings. The van der Waals surface area contributed by atoms with Crippen molar-refractivity contribution in [1.29, 1.82) is 0 Å². The van der Waals surface area contributed by atoms with Crippen LogP contribution in [-0.2, 0) is 0 Å². The van der Waals surface area contributed by atoms with Gasteiger partial charge in [-0.2, -0.15) is 11.8 Å². The number of thioether (sulfide) groups is 1. The predicted molar refractivity (Wildman–Crippen MR) is 84.3 cm³/mol. The van der Waals surface area contributed by atoms with E-state index in [1.54, 1.807) is 0 Å². The zero-order chi connectivity index (χ0) is 13.4. The molecule has 3 heteroatoms. The number of hydrogen-bond acceptors (Lipinski definition) is 3. The Morgan fingerprint density at radius 2 is 1.83 bits per heavy atom. The molecule has 1 rings (SSSR count). The van der Waals surface area contributed by atoms with Gasteiger partial charge in [0.2, 0.25) is 0 Å². The average molecular weight is 273 g/mol. The van der Waals surface area contributed by atoms with Crippen LogP contribution in [0.15, 0.2) is 0 Å². The molecule has 1 unspecified atom stereocenters. The van der Waals surface area contributed by atoms with Crippen LogP contribution in [0.2, 0.25) is 0 Å². The summed E-state index contributed by atoms with van der Waals surface area (Å²) in [4.78, 5) is 2.55. The van der Waals surface area contributed by atoms with E-state index in [0.717, 1.165) is 6.54 Å². The second-order valence-electron chi connectivity index (χ2n) is 6.16. The minimum absolute atomic E-state index is 0.402. The lowest BCUT2D eigenvalue weighted by Crippen LogP contribution is -2.44. The van der Waals surface area contributed by atoms with Crippen molar-refractivity contribution in [2.45, 2.75) is 57.9 Å². The van der Waals surface area contributed by atoms with Gasteiger partial charge < -0.3 is 10.6 Å². The molecule has 2 nitrogen and oxygen atoms in total. The standard InChI is InChI=1S/C15H32N2S/c1-14(8-11-18-3)17(2)13-15(12-16)9-6-4-5-7-10-15/h14H,4-13,16H2,1-3H3. The van der Waals surface area contributed by atoms with Gasteiger partial charge in [0.1, 0.15) is 0 Å². The average Bonchev–Trinajstić information content (AvgIpc) is 2.62. The van der Waals surface area contributed by atoms with Crippen molar-refractivity contribution in [2.75, 3.05) is 32.1 Å². The van der Waals surface area contributed by atoms with Crippen molar-refractivity contribution >= 4 is 11.8 Å². The molecule has 18 heavy (non-hydrogen) atoms. The van der Waals surface area contributed by atoms with E-state index >= 15 is 0 Å². The number of nitrogens with two attached hydrogens (primary N) is 1. The normalized spacial score (nSPS) is 21.8. The Kier molecular flexibility index (Phi) is 7.66. The summed E-state index contributed by atoms with van der Waals surface area (Å²) < 4.78 is 0. The molecule has 0 heterocycles. The zero-order valence-corrected chi connectivity index (χ0v) is 13.4. The minimum atomic E-state index is 0.402. The molecule has 1 atom stereocenters. The summed E-state index contributed by atoms with van der Waals surface area (Å²) in [6.07, 6.45) is 11.7. The molecule has 0 spiro atoms. The van der Waals surface area contributed by atoms with Gasteiger partial charge in [-0.1, -0.05) is 25.7 Å². The summed E-state index contributed by atoms with van der Waals surface area (Å²) in [5, 5.41) is 0. The first-order chi connectivity index (χ1) is 8.63. The molecule has 0 amide bonds. The van der Waals surface area contributed by atoms with E-state index in [0.29, 0.717) is 11.5 Å². The zero-order valence-electron chi connectivity index (χ0n) is 12.6. The van der Waals surface area contributed by atoms with Gasteiger partial charge in [-0.25, -0.2) is 0 Å². The molecule has 0 radical (unpaired) electrons. The highest BCUT2D eigenvalue weighted by Gasteiger charge is 2.31. The summed E-state index contributed by atoms with van der Waals surface area (Å²) in [7, 11) is 2.29. The fraction of sp³-hybridized carbons (Fsp3) is 1.00. The van der Waals surface area contributed by atoms with E-state index in [-0.39, 0.29) is 0 Å². The van der Waals surface area contributed by atoms with E-state index < -0.39 is 0 Å². The monoisotopic (exact) mass is 272 g/mol. The molecule has 0 saturated heterocycles. The first-order valence-corrected chi connectivity index (χ1v) is 8.92. The molecule has 108 valence electrons. The third-order valence-electron chi connectivity index (χ3n) is 4.67. The van der Waals surface area contributed by atoms with Gasteiger partial charge in [-0.05, 0) is 57.2 Å². The minimum Gasteiger partial charge on any atom is -0.330 e. The molecule has 0 aromatic rings. The van der Waals surface area contributed by atoms with Crippen molar-refractivity contribution in [1.82, 2.24) is 4.90 Å². The topological polar surface area (TPSA) is 29.3 Å². The first-order valence-electron chi connectivity index (χ1n) is 7.53. The van der Waals surface area contributed by atoms with E-state index in [1.165, 1.54) is 57.2 Å². The quantitative estimate of drug-likeness (QED) is 0.721. The number of nitrogens with zero attached hydrogens (tertiary/aromatic N) is 1. The summed E-state index contributed by atoms with van der Waals surface area (Å²) in [5.74, 6) is 1.27. The van der Waals surface area contributed by atoms with Crippen LogP contribution in [0.5, 0.6) is 0 Å². The van der Waals surface area contributed by atoms with E-state index in [9.17, 15) is 0 Å². The third-order valence-corrected chi connectivity index (χ3v) is 5.32. The Bertz CT molecular complexity index is 213. The molecule has 1 aliphatic carbocycles. The molecule has 2 N–H and O–H groups in total. The lowest BCUT2D eigenvalue weighted by Gasteiger charge is -2.38. The summed E-state index contributed by atoms with van der Waals surface area (Å²) in [6.45, 7) is 4.42. The maximum absolute atomic E-state index is 6.13. The molecule has 0 aliphatic heterocycles. The molecular formula is C15H32N2S. The van der Waals surface area contributed by atoms with Crippen molar-refractivity contribution < 1.29 is 0 Å².